The van der Waals surface area contributed by atoms with Crippen LogP contribution in [0.4, 0.5) is 0 Å². The summed E-state index contributed by atoms with van der Waals surface area (Å²) in [5.41, 5.74) is 9.45. The summed E-state index contributed by atoms with van der Waals surface area (Å²) in [5.74, 6) is 0. The van der Waals surface area contributed by atoms with E-state index in [1.54, 1.807) is 0 Å². The minimum Gasteiger partial charge on any atom is -0.323 e. The zero-order valence-electron chi connectivity index (χ0n) is 11.4. The Bertz CT molecular complexity index is 562. The molecule has 1 atom stereocenters. The Hall–Kier alpha value is -0.790. The van der Waals surface area contributed by atoms with E-state index in [9.17, 15) is 0 Å². The Morgan fingerprint density at radius 1 is 1.42 bits per heavy atom. The van der Waals surface area contributed by atoms with Gasteiger partial charge < -0.3 is 5.73 Å². The first-order valence-electron chi connectivity index (χ1n) is 6.36. The number of hydrogen-bond acceptors (Lipinski definition) is 5. The molecule has 0 aliphatic rings. The van der Waals surface area contributed by atoms with Crippen molar-refractivity contribution in [2.24, 2.45) is 5.73 Å². The van der Waals surface area contributed by atoms with Gasteiger partial charge in [0.2, 0.25) is 0 Å². The number of nitrogens with zero attached hydrogens (tertiary/aromatic N) is 4. The largest absolute Gasteiger partial charge is 0.323 e. The molecule has 2 heterocycles. The van der Waals surface area contributed by atoms with E-state index in [2.05, 4.69) is 44.5 Å². The molecular formula is C12H18BrN5S. The maximum absolute atomic E-state index is 6.28. The first kappa shape index (κ1) is 14.6. The molecule has 1 unspecified atom stereocenters. The van der Waals surface area contributed by atoms with Gasteiger partial charge in [-0.05, 0) is 47.7 Å². The molecule has 104 valence electrons. The van der Waals surface area contributed by atoms with Gasteiger partial charge in [0.1, 0.15) is 0 Å². The molecular weight excluding hydrogens is 326 g/mol. The molecule has 0 fully saturated rings. The van der Waals surface area contributed by atoms with E-state index in [1.165, 1.54) is 11.5 Å². The van der Waals surface area contributed by atoms with Crippen molar-refractivity contribution in [2.75, 3.05) is 0 Å². The van der Waals surface area contributed by atoms with Gasteiger partial charge in [-0.2, -0.15) is 5.10 Å². The topological polar surface area (TPSA) is 69.6 Å². The minimum atomic E-state index is -0.0805. The van der Waals surface area contributed by atoms with Crippen molar-refractivity contribution in [1.82, 2.24) is 19.4 Å². The van der Waals surface area contributed by atoms with Crippen molar-refractivity contribution in [2.45, 2.75) is 46.2 Å². The molecule has 0 saturated heterocycles. The Kier molecular flexibility index (Phi) is 4.70. The summed E-state index contributed by atoms with van der Waals surface area (Å²) in [5, 5.41) is 8.61. The Labute approximate surface area is 125 Å². The van der Waals surface area contributed by atoms with Gasteiger partial charge in [0.25, 0.3) is 0 Å². The van der Waals surface area contributed by atoms with Gasteiger partial charge >= 0.3 is 0 Å². The van der Waals surface area contributed by atoms with E-state index in [0.717, 1.165) is 45.8 Å². The number of hydrogen-bond donors (Lipinski definition) is 1. The predicted octanol–water partition coefficient (Wildman–Crippen LogP) is 2.63. The summed E-state index contributed by atoms with van der Waals surface area (Å²) in [6.45, 7) is 6.99. The van der Waals surface area contributed by atoms with E-state index in [-0.39, 0.29) is 6.04 Å². The van der Waals surface area contributed by atoms with Crippen LogP contribution < -0.4 is 5.73 Å². The fraction of sp³-hybridized carbons (Fsp3) is 0.583. The van der Waals surface area contributed by atoms with E-state index in [4.69, 9.17) is 5.73 Å². The molecule has 0 radical (unpaired) electrons. The number of nitrogens with two attached hydrogens (primary N) is 1. The molecule has 5 nitrogen and oxygen atoms in total. The molecule has 0 aliphatic carbocycles. The van der Waals surface area contributed by atoms with Crippen LogP contribution in [-0.4, -0.2) is 19.4 Å². The lowest BCUT2D eigenvalue weighted by Crippen LogP contribution is -2.16. The van der Waals surface area contributed by atoms with Crippen molar-refractivity contribution >= 4 is 27.5 Å². The molecule has 19 heavy (non-hydrogen) atoms. The maximum atomic E-state index is 6.28. The monoisotopic (exact) mass is 343 g/mol. The summed E-state index contributed by atoms with van der Waals surface area (Å²) in [6, 6.07) is -0.0805. The Balaban J connectivity index is 2.28. The SMILES string of the molecule is CCc1nn(CC)c(CC(N)c2snnc2C)c1Br. The highest BCUT2D eigenvalue weighted by Gasteiger charge is 2.20. The summed E-state index contributed by atoms with van der Waals surface area (Å²) in [7, 11) is 0. The van der Waals surface area contributed by atoms with Crippen LogP contribution in [0.5, 0.6) is 0 Å². The van der Waals surface area contributed by atoms with Crippen molar-refractivity contribution in [1.29, 1.82) is 0 Å². The molecule has 0 saturated carbocycles. The van der Waals surface area contributed by atoms with Crippen molar-refractivity contribution in [3.05, 3.63) is 26.4 Å². The number of halogens is 1. The maximum Gasteiger partial charge on any atom is 0.0772 e. The van der Waals surface area contributed by atoms with E-state index in [0.29, 0.717) is 0 Å². The first-order valence-corrected chi connectivity index (χ1v) is 7.93. The lowest BCUT2D eigenvalue weighted by atomic mass is 10.1. The molecule has 0 amide bonds. The standard InChI is InChI=1S/C12H18BrN5S/c1-4-9-11(13)10(18(5-2)16-9)6-8(14)12-7(3)15-17-19-12/h8H,4-6,14H2,1-3H3. The summed E-state index contributed by atoms with van der Waals surface area (Å²) in [6.07, 6.45) is 1.66. The molecule has 7 heteroatoms. The number of rotatable bonds is 5. The highest BCUT2D eigenvalue weighted by atomic mass is 79.9. The van der Waals surface area contributed by atoms with Gasteiger partial charge in [0.15, 0.2) is 0 Å². The van der Waals surface area contributed by atoms with Crippen LogP contribution in [0.3, 0.4) is 0 Å². The summed E-state index contributed by atoms with van der Waals surface area (Å²) < 4.78 is 7.05. The Morgan fingerprint density at radius 2 is 2.16 bits per heavy atom. The third kappa shape index (κ3) is 2.88. The van der Waals surface area contributed by atoms with Crippen LogP contribution in [0, 0.1) is 6.92 Å². The van der Waals surface area contributed by atoms with Crippen LogP contribution >= 0.6 is 27.5 Å². The van der Waals surface area contributed by atoms with Gasteiger partial charge in [-0.1, -0.05) is 11.4 Å². The number of aryl methyl sites for hydroxylation is 3. The lowest BCUT2D eigenvalue weighted by molar-refractivity contribution is 0.586. The molecule has 0 aliphatic heterocycles. The smallest absolute Gasteiger partial charge is 0.0772 e. The van der Waals surface area contributed by atoms with Crippen LogP contribution in [0.15, 0.2) is 4.47 Å². The molecule has 2 N–H and O–H groups in total. The fourth-order valence-corrected chi connectivity index (χ4v) is 3.46. The molecule has 2 aromatic rings. The van der Waals surface area contributed by atoms with E-state index < -0.39 is 0 Å². The van der Waals surface area contributed by atoms with Crippen LogP contribution in [0.2, 0.25) is 0 Å². The summed E-state index contributed by atoms with van der Waals surface area (Å²) >= 11 is 5.02. The molecule has 2 rings (SSSR count). The molecule has 0 bridgehead atoms. The zero-order chi connectivity index (χ0) is 14.0. The quantitative estimate of drug-likeness (QED) is 0.905. The van der Waals surface area contributed by atoms with Crippen molar-refractivity contribution in [3.8, 4) is 0 Å². The third-order valence-corrected chi connectivity index (χ3v) is 5.00. The number of aromatic nitrogens is 4. The highest BCUT2D eigenvalue weighted by molar-refractivity contribution is 9.10. The second kappa shape index (κ2) is 6.11. The van der Waals surface area contributed by atoms with Gasteiger partial charge in [-0.3, -0.25) is 4.68 Å². The second-order valence-corrected chi connectivity index (χ2v) is 5.99. The first-order chi connectivity index (χ1) is 9.08. The lowest BCUT2D eigenvalue weighted by Gasteiger charge is -2.11. The van der Waals surface area contributed by atoms with Crippen molar-refractivity contribution in [3.63, 3.8) is 0 Å². The highest BCUT2D eigenvalue weighted by Crippen LogP contribution is 2.28. The Morgan fingerprint density at radius 3 is 2.68 bits per heavy atom. The average molecular weight is 344 g/mol. The third-order valence-electron chi connectivity index (χ3n) is 3.13. The van der Waals surface area contributed by atoms with Gasteiger partial charge in [-0.15, -0.1) is 5.10 Å². The van der Waals surface area contributed by atoms with Crippen LogP contribution in [0.25, 0.3) is 0 Å². The van der Waals surface area contributed by atoms with Crippen LogP contribution in [-0.2, 0) is 19.4 Å². The normalized spacial score (nSPS) is 12.9. The minimum absolute atomic E-state index is 0.0805. The van der Waals surface area contributed by atoms with E-state index >= 15 is 0 Å². The van der Waals surface area contributed by atoms with Crippen molar-refractivity contribution < 1.29 is 0 Å². The summed E-state index contributed by atoms with van der Waals surface area (Å²) in [4.78, 5) is 1.05. The fourth-order valence-electron chi connectivity index (χ4n) is 2.09. The molecule has 0 aromatic carbocycles. The average Bonchev–Trinajstić information content (AvgIpc) is 2.95. The van der Waals surface area contributed by atoms with E-state index in [1.807, 2.05) is 11.6 Å². The zero-order valence-corrected chi connectivity index (χ0v) is 13.8. The van der Waals surface area contributed by atoms with Gasteiger partial charge in [-0.25, -0.2) is 0 Å². The molecule has 2 aromatic heterocycles. The van der Waals surface area contributed by atoms with Crippen LogP contribution in [0.1, 0.15) is 41.8 Å². The molecule has 0 spiro atoms. The van der Waals surface area contributed by atoms with Gasteiger partial charge in [0.05, 0.1) is 26.4 Å². The predicted molar refractivity (Wildman–Crippen MR) is 80.3 cm³/mol. The van der Waals surface area contributed by atoms with Gasteiger partial charge in [0, 0.05) is 19.0 Å². The second-order valence-electron chi connectivity index (χ2n) is 4.41.